The van der Waals surface area contributed by atoms with E-state index in [9.17, 15) is 4.79 Å². The maximum Gasteiger partial charge on any atom is 0.150 e. The number of carbonyl (C=O) groups is 1. The van der Waals surface area contributed by atoms with Gasteiger partial charge in [-0.15, -0.1) is 0 Å². The maximum absolute atomic E-state index is 11.8. The Morgan fingerprint density at radius 2 is 1.24 bits per heavy atom. The number of carbonyl (C=O) groups excluding carboxylic acids is 1. The molecule has 0 heterocycles. The van der Waals surface area contributed by atoms with E-state index in [0.717, 1.165) is 47.2 Å². The third-order valence-corrected chi connectivity index (χ3v) is 4.57. The Labute approximate surface area is 149 Å². The lowest BCUT2D eigenvalue weighted by atomic mass is 9.89. The zero-order valence-electron chi connectivity index (χ0n) is 14.8. The minimum Gasteiger partial charge on any atom is -0.372 e. The van der Waals surface area contributed by atoms with Crippen molar-refractivity contribution < 1.29 is 4.79 Å². The molecule has 0 fully saturated rings. The largest absolute Gasteiger partial charge is 0.372 e. The molecule has 0 aromatic heterocycles. The predicted octanol–water partition coefficient (Wildman–Crippen LogP) is 5.68. The Balaban J connectivity index is 2.38. The van der Waals surface area contributed by atoms with Crippen LogP contribution in [0.2, 0.25) is 0 Å². The Kier molecular flexibility index (Phi) is 5.30. The molecular weight excluding hydrogens is 306 g/mol. The van der Waals surface area contributed by atoms with Crippen molar-refractivity contribution in [3.63, 3.8) is 0 Å². The summed E-state index contributed by atoms with van der Waals surface area (Å²) in [5.74, 6) is 0. The van der Waals surface area contributed by atoms with Gasteiger partial charge in [0.2, 0.25) is 0 Å². The van der Waals surface area contributed by atoms with Crippen molar-refractivity contribution in [2.24, 2.45) is 0 Å². The van der Waals surface area contributed by atoms with Gasteiger partial charge in [-0.3, -0.25) is 4.79 Å². The Hall–Kier alpha value is -2.87. The molecule has 0 saturated carbocycles. The molecule has 0 unspecified atom stereocenters. The molecule has 0 aliphatic heterocycles. The van der Waals surface area contributed by atoms with Gasteiger partial charge in [0, 0.05) is 35.5 Å². The molecule has 0 aliphatic rings. The lowest BCUT2D eigenvalue weighted by molar-refractivity contribution is 0.112. The Bertz CT molecular complexity index is 837. The highest BCUT2D eigenvalue weighted by molar-refractivity contribution is 6.00. The van der Waals surface area contributed by atoms with Crippen molar-refractivity contribution in [3.05, 3.63) is 78.4 Å². The smallest absolute Gasteiger partial charge is 0.150 e. The molecule has 0 bridgehead atoms. The number of benzene rings is 3. The summed E-state index contributed by atoms with van der Waals surface area (Å²) in [6.07, 6.45) is 0.959. The molecule has 0 atom stereocenters. The van der Waals surface area contributed by atoms with Crippen LogP contribution in [-0.2, 0) is 0 Å². The van der Waals surface area contributed by atoms with E-state index in [1.54, 1.807) is 0 Å². The molecule has 3 aromatic carbocycles. The second-order valence-corrected chi connectivity index (χ2v) is 5.95. The molecule has 126 valence electrons. The lowest BCUT2D eigenvalue weighted by Gasteiger charge is -2.27. The standard InChI is InChI=1S/C23H23NO/c1-3-24(4-2)21-16-15-20(17-25)22(18-11-7-5-8-12-18)23(21)19-13-9-6-10-14-19/h5-17H,3-4H2,1-2H3. The summed E-state index contributed by atoms with van der Waals surface area (Å²) in [6, 6.07) is 24.5. The van der Waals surface area contributed by atoms with Gasteiger partial charge in [0.05, 0.1) is 0 Å². The summed E-state index contributed by atoms with van der Waals surface area (Å²) in [5.41, 5.74) is 6.22. The van der Waals surface area contributed by atoms with Gasteiger partial charge in [0.15, 0.2) is 6.29 Å². The first-order valence-electron chi connectivity index (χ1n) is 8.78. The van der Waals surface area contributed by atoms with Gasteiger partial charge in [0.25, 0.3) is 0 Å². The van der Waals surface area contributed by atoms with Crippen molar-refractivity contribution in [2.45, 2.75) is 13.8 Å². The lowest BCUT2D eigenvalue weighted by Crippen LogP contribution is -2.23. The fraction of sp³-hybridized carbons (Fsp3) is 0.174. The predicted molar refractivity (Wildman–Crippen MR) is 106 cm³/mol. The van der Waals surface area contributed by atoms with Crippen molar-refractivity contribution in [1.82, 2.24) is 0 Å². The van der Waals surface area contributed by atoms with Crippen LogP contribution in [0.25, 0.3) is 22.3 Å². The second kappa shape index (κ2) is 7.80. The van der Waals surface area contributed by atoms with E-state index < -0.39 is 0 Å². The van der Waals surface area contributed by atoms with Crippen molar-refractivity contribution in [1.29, 1.82) is 0 Å². The SMILES string of the molecule is CCN(CC)c1ccc(C=O)c(-c2ccccc2)c1-c1ccccc1. The van der Waals surface area contributed by atoms with Crippen LogP contribution in [0.5, 0.6) is 0 Å². The molecule has 0 radical (unpaired) electrons. The van der Waals surface area contributed by atoms with E-state index in [1.807, 2.05) is 42.5 Å². The topological polar surface area (TPSA) is 20.3 Å². The quantitative estimate of drug-likeness (QED) is 0.542. The first-order chi connectivity index (χ1) is 12.3. The molecule has 0 aliphatic carbocycles. The maximum atomic E-state index is 11.8. The summed E-state index contributed by atoms with van der Waals surface area (Å²) in [7, 11) is 0. The first-order valence-corrected chi connectivity index (χ1v) is 8.78. The second-order valence-electron chi connectivity index (χ2n) is 5.95. The number of anilines is 1. The molecule has 3 aromatic rings. The summed E-state index contributed by atoms with van der Waals surface area (Å²) in [4.78, 5) is 14.1. The van der Waals surface area contributed by atoms with Crippen LogP contribution >= 0.6 is 0 Å². The van der Waals surface area contributed by atoms with Crippen LogP contribution in [0.1, 0.15) is 24.2 Å². The third kappa shape index (κ3) is 3.34. The van der Waals surface area contributed by atoms with Crippen LogP contribution in [0.15, 0.2) is 72.8 Å². The number of hydrogen-bond donors (Lipinski definition) is 0. The monoisotopic (exact) mass is 329 g/mol. The number of nitrogens with zero attached hydrogens (tertiary/aromatic N) is 1. The zero-order valence-corrected chi connectivity index (χ0v) is 14.8. The number of aldehydes is 1. The van der Waals surface area contributed by atoms with Crippen molar-refractivity contribution in [3.8, 4) is 22.3 Å². The highest BCUT2D eigenvalue weighted by Gasteiger charge is 2.19. The van der Waals surface area contributed by atoms with Crippen LogP contribution in [-0.4, -0.2) is 19.4 Å². The summed E-state index contributed by atoms with van der Waals surface area (Å²) in [5, 5.41) is 0. The minimum atomic E-state index is 0.723. The van der Waals surface area contributed by atoms with E-state index in [-0.39, 0.29) is 0 Å². The molecule has 0 N–H and O–H groups in total. The average molecular weight is 329 g/mol. The van der Waals surface area contributed by atoms with E-state index >= 15 is 0 Å². The van der Waals surface area contributed by atoms with E-state index in [1.165, 1.54) is 5.69 Å². The van der Waals surface area contributed by atoms with Gasteiger partial charge in [-0.25, -0.2) is 0 Å². The van der Waals surface area contributed by atoms with Crippen LogP contribution in [0.4, 0.5) is 5.69 Å². The molecule has 0 saturated heterocycles. The van der Waals surface area contributed by atoms with Crippen LogP contribution in [0, 0.1) is 0 Å². The molecule has 3 rings (SSSR count). The molecule has 0 spiro atoms. The normalized spacial score (nSPS) is 10.5. The van der Waals surface area contributed by atoms with Gasteiger partial charge in [-0.2, -0.15) is 0 Å². The van der Waals surface area contributed by atoms with Gasteiger partial charge < -0.3 is 4.90 Å². The fourth-order valence-electron chi connectivity index (χ4n) is 3.35. The highest BCUT2D eigenvalue weighted by Crippen LogP contribution is 2.41. The first kappa shape index (κ1) is 17.0. The minimum absolute atomic E-state index is 0.723. The van der Waals surface area contributed by atoms with E-state index in [4.69, 9.17) is 0 Å². The number of rotatable bonds is 6. The summed E-state index contributed by atoms with van der Waals surface area (Å²) >= 11 is 0. The zero-order chi connectivity index (χ0) is 17.6. The van der Waals surface area contributed by atoms with Crippen LogP contribution < -0.4 is 4.90 Å². The average Bonchev–Trinajstić information content (AvgIpc) is 2.69. The molecular formula is C23H23NO. The van der Waals surface area contributed by atoms with Gasteiger partial charge in [0.1, 0.15) is 0 Å². The Morgan fingerprint density at radius 3 is 1.72 bits per heavy atom. The molecule has 25 heavy (non-hydrogen) atoms. The fourth-order valence-corrected chi connectivity index (χ4v) is 3.35. The Morgan fingerprint density at radius 1 is 0.720 bits per heavy atom. The third-order valence-electron chi connectivity index (χ3n) is 4.57. The van der Waals surface area contributed by atoms with E-state index in [0.29, 0.717) is 0 Å². The van der Waals surface area contributed by atoms with Gasteiger partial charge >= 0.3 is 0 Å². The molecule has 0 amide bonds. The van der Waals surface area contributed by atoms with Gasteiger partial charge in [-0.1, -0.05) is 60.7 Å². The highest BCUT2D eigenvalue weighted by atomic mass is 16.1. The van der Waals surface area contributed by atoms with Crippen molar-refractivity contribution in [2.75, 3.05) is 18.0 Å². The van der Waals surface area contributed by atoms with Crippen molar-refractivity contribution >= 4 is 12.0 Å². The summed E-state index contributed by atoms with van der Waals surface area (Å²) < 4.78 is 0. The van der Waals surface area contributed by atoms with Crippen LogP contribution in [0.3, 0.4) is 0 Å². The van der Waals surface area contributed by atoms with E-state index in [2.05, 4.69) is 49.1 Å². The molecule has 2 heteroatoms. The summed E-state index contributed by atoms with van der Waals surface area (Å²) in [6.45, 7) is 6.16. The number of hydrogen-bond acceptors (Lipinski definition) is 2. The van der Waals surface area contributed by atoms with Gasteiger partial charge in [-0.05, 0) is 37.1 Å². The molecule has 2 nitrogen and oxygen atoms in total.